The van der Waals surface area contributed by atoms with E-state index in [-0.39, 0.29) is 0 Å². The van der Waals surface area contributed by atoms with Crippen LogP contribution < -0.4 is 4.74 Å². The number of para-hydroxylation sites is 1. The highest BCUT2D eigenvalue weighted by Gasteiger charge is 2.23. The van der Waals surface area contributed by atoms with E-state index in [1.165, 1.54) is 11.1 Å². The molecular weight excluding hydrogens is 296 g/mol. The van der Waals surface area contributed by atoms with Gasteiger partial charge in [-0.2, -0.15) is 0 Å². The molecule has 0 N–H and O–H groups in total. The van der Waals surface area contributed by atoms with Gasteiger partial charge < -0.3 is 9.47 Å². The number of ether oxygens (including phenoxy) is 2. The molecule has 0 amide bonds. The molecule has 1 aliphatic heterocycles. The molecule has 1 atom stereocenters. The highest BCUT2D eigenvalue weighted by Crippen LogP contribution is 2.23. The molecule has 0 bridgehead atoms. The van der Waals surface area contributed by atoms with Gasteiger partial charge in [-0.25, -0.2) is 0 Å². The number of unbranched alkanes of at least 4 members (excludes halogenated alkanes) is 1. The van der Waals surface area contributed by atoms with Crippen LogP contribution in [0.5, 0.6) is 5.75 Å². The summed E-state index contributed by atoms with van der Waals surface area (Å²) < 4.78 is 11.0. The summed E-state index contributed by atoms with van der Waals surface area (Å²) in [6, 6.07) is 16.4. The SMILES string of the molecule is Clc1ccccc1CCCCc1ccccc1OCC1CO1. The predicted molar refractivity (Wildman–Crippen MR) is 89.8 cm³/mol. The van der Waals surface area contributed by atoms with Gasteiger partial charge >= 0.3 is 0 Å². The Labute approximate surface area is 137 Å². The number of hydrogen-bond donors (Lipinski definition) is 0. The third-order valence-electron chi connectivity index (χ3n) is 3.90. The van der Waals surface area contributed by atoms with Crippen molar-refractivity contribution >= 4 is 11.6 Å². The zero-order valence-electron chi connectivity index (χ0n) is 12.6. The Morgan fingerprint density at radius 3 is 2.32 bits per heavy atom. The second kappa shape index (κ2) is 7.66. The third kappa shape index (κ3) is 4.49. The van der Waals surface area contributed by atoms with Crippen molar-refractivity contribution in [2.45, 2.75) is 31.8 Å². The van der Waals surface area contributed by atoms with Crippen molar-refractivity contribution in [3.63, 3.8) is 0 Å². The molecule has 2 aromatic rings. The van der Waals surface area contributed by atoms with Crippen molar-refractivity contribution < 1.29 is 9.47 Å². The first-order valence-corrected chi connectivity index (χ1v) is 8.26. The van der Waals surface area contributed by atoms with E-state index >= 15 is 0 Å². The van der Waals surface area contributed by atoms with Crippen LogP contribution in [0.1, 0.15) is 24.0 Å². The topological polar surface area (TPSA) is 21.8 Å². The highest BCUT2D eigenvalue weighted by atomic mass is 35.5. The third-order valence-corrected chi connectivity index (χ3v) is 4.27. The Balaban J connectivity index is 1.47. The van der Waals surface area contributed by atoms with Gasteiger partial charge in [0.2, 0.25) is 0 Å². The standard InChI is InChI=1S/C19H21ClO2/c20-18-11-5-3-8-15(18)7-1-2-9-16-10-4-6-12-19(16)22-14-17-13-21-17/h3-6,8,10-12,17H,1-2,7,9,13-14H2. The Bertz CT molecular complexity index is 608. The maximum Gasteiger partial charge on any atom is 0.122 e. The summed E-state index contributed by atoms with van der Waals surface area (Å²) in [6.07, 6.45) is 4.62. The van der Waals surface area contributed by atoms with E-state index in [0.29, 0.717) is 12.7 Å². The summed E-state index contributed by atoms with van der Waals surface area (Å²) in [5.41, 5.74) is 2.52. The number of aryl methyl sites for hydroxylation is 2. The van der Waals surface area contributed by atoms with Gasteiger partial charge in [-0.3, -0.25) is 0 Å². The minimum absolute atomic E-state index is 0.299. The second-order valence-electron chi connectivity index (χ2n) is 5.67. The van der Waals surface area contributed by atoms with Gasteiger partial charge in [-0.15, -0.1) is 0 Å². The Morgan fingerprint density at radius 1 is 0.955 bits per heavy atom. The fourth-order valence-corrected chi connectivity index (χ4v) is 2.76. The van der Waals surface area contributed by atoms with E-state index in [2.05, 4.69) is 18.2 Å². The average molecular weight is 317 g/mol. The number of halogens is 1. The Hall–Kier alpha value is -1.51. The number of benzene rings is 2. The summed E-state index contributed by atoms with van der Waals surface area (Å²) >= 11 is 6.19. The molecule has 1 heterocycles. The molecule has 2 nitrogen and oxygen atoms in total. The molecule has 1 fully saturated rings. The second-order valence-corrected chi connectivity index (χ2v) is 6.08. The molecule has 0 saturated carbocycles. The molecule has 0 radical (unpaired) electrons. The molecule has 116 valence electrons. The van der Waals surface area contributed by atoms with Crippen molar-refractivity contribution in [1.82, 2.24) is 0 Å². The van der Waals surface area contributed by atoms with E-state index < -0.39 is 0 Å². The fraction of sp³-hybridized carbons (Fsp3) is 0.368. The monoisotopic (exact) mass is 316 g/mol. The lowest BCUT2D eigenvalue weighted by molar-refractivity contribution is 0.261. The van der Waals surface area contributed by atoms with Gasteiger partial charge in [0.15, 0.2) is 0 Å². The maximum absolute atomic E-state index is 6.19. The molecule has 3 heteroatoms. The molecule has 0 spiro atoms. The smallest absolute Gasteiger partial charge is 0.122 e. The average Bonchev–Trinajstić information content (AvgIpc) is 3.36. The van der Waals surface area contributed by atoms with Crippen LogP contribution in [-0.4, -0.2) is 19.3 Å². The van der Waals surface area contributed by atoms with Crippen molar-refractivity contribution in [3.05, 3.63) is 64.7 Å². The molecule has 0 aliphatic carbocycles. The van der Waals surface area contributed by atoms with E-state index in [1.807, 2.05) is 30.3 Å². The van der Waals surface area contributed by atoms with Gasteiger partial charge in [0, 0.05) is 5.02 Å². The minimum atomic E-state index is 0.299. The zero-order chi connectivity index (χ0) is 15.2. The lowest BCUT2D eigenvalue weighted by atomic mass is 10.0. The minimum Gasteiger partial charge on any atom is -0.491 e. The number of hydrogen-bond acceptors (Lipinski definition) is 2. The molecular formula is C19H21ClO2. The predicted octanol–water partition coefficient (Wildman–Crippen LogP) is 4.68. The van der Waals surface area contributed by atoms with Crippen LogP contribution >= 0.6 is 11.6 Å². The molecule has 1 saturated heterocycles. The van der Waals surface area contributed by atoms with E-state index in [1.54, 1.807) is 0 Å². The van der Waals surface area contributed by atoms with Crippen LogP contribution in [0, 0.1) is 0 Å². The molecule has 1 aliphatic rings. The largest absolute Gasteiger partial charge is 0.491 e. The van der Waals surface area contributed by atoms with Crippen molar-refractivity contribution in [1.29, 1.82) is 0 Å². The number of rotatable bonds is 8. The van der Waals surface area contributed by atoms with Gasteiger partial charge in [0.25, 0.3) is 0 Å². The quantitative estimate of drug-likeness (QED) is 0.521. The summed E-state index contributed by atoms with van der Waals surface area (Å²) in [7, 11) is 0. The first-order chi connectivity index (χ1) is 10.8. The number of epoxide rings is 1. The fourth-order valence-electron chi connectivity index (χ4n) is 2.53. The van der Waals surface area contributed by atoms with Crippen molar-refractivity contribution in [2.75, 3.05) is 13.2 Å². The van der Waals surface area contributed by atoms with Crippen LogP contribution in [0.25, 0.3) is 0 Å². The van der Waals surface area contributed by atoms with Crippen molar-refractivity contribution in [3.8, 4) is 5.75 Å². The normalized spacial score (nSPS) is 16.5. The molecule has 22 heavy (non-hydrogen) atoms. The summed E-state index contributed by atoms with van der Waals surface area (Å²) in [4.78, 5) is 0. The Morgan fingerprint density at radius 2 is 1.59 bits per heavy atom. The van der Waals surface area contributed by atoms with Gasteiger partial charge in [0.1, 0.15) is 18.5 Å². The van der Waals surface area contributed by atoms with Gasteiger partial charge in [-0.1, -0.05) is 48.0 Å². The van der Waals surface area contributed by atoms with E-state index in [0.717, 1.165) is 43.1 Å². The molecule has 2 aromatic carbocycles. The van der Waals surface area contributed by atoms with Crippen LogP contribution in [-0.2, 0) is 17.6 Å². The molecule has 0 aromatic heterocycles. The summed E-state index contributed by atoms with van der Waals surface area (Å²) in [6.45, 7) is 1.50. The zero-order valence-corrected chi connectivity index (χ0v) is 13.4. The van der Waals surface area contributed by atoms with Crippen LogP contribution in [0.15, 0.2) is 48.5 Å². The van der Waals surface area contributed by atoms with E-state index in [4.69, 9.17) is 21.1 Å². The highest BCUT2D eigenvalue weighted by molar-refractivity contribution is 6.31. The maximum atomic E-state index is 6.19. The first kappa shape index (κ1) is 15.4. The molecule has 1 unspecified atom stereocenters. The summed E-state index contributed by atoms with van der Waals surface area (Å²) in [5, 5.41) is 0.871. The van der Waals surface area contributed by atoms with Gasteiger partial charge in [0.05, 0.1) is 6.61 Å². The van der Waals surface area contributed by atoms with Crippen molar-refractivity contribution in [2.24, 2.45) is 0 Å². The molecule has 3 rings (SSSR count). The van der Waals surface area contributed by atoms with E-state index in [9.17, 15) is 0 Å². The first-order valence-electron chi connectivity index (χ1n) is 7.88. The van der Waals surface area contributed by atoms with Gasteiger partial charge in [-0.05, 0) is 48.9 Å². The summed E-state index contributed by atoms with van der Waals surface area (Å²) in [5.74, 6) is 0.996. The van der Waals surface area contributed by atoms with Crippen LogP contribution in [0.2, 0.25) is 5.02 Å². The van der Waals surface area contributed by atoms with Crippen LogP contribution in [0.4, 0.5) is 0 Å². The Kier molecular flexibility index (Phi) is 5.36. The lowest BCUT2D eigenvalue weighted by Crippen LogP contribution is -2.05. The van der Waals surface area contributed by atoms with Crippen LogP contribution in [0.3, 0.4) is 0 Å². The lowest BCUT2D eigenvalue weighted by Gasteiger charge is -2.10.